The Kier molecular flexibility index (Phi) is 3.83. The first kappa shape index (κ1) is 14.6. The number of carbonyl (C=O) groups excluding carboxylic acids is 1. The molecule has 0 spiro atoms. The van der Waals surface area contributed by atoms with Crippen LogP contribution < -0.4 is 0 Å². The van der Waals surface area contributed by atoms with Crippen LogP contribution in [-0.4, -0.2) is 17.6 Å². The van der Waals surface area contributed by atoms with Gasteiger partial charge in [0.2, 0.25) is 0 Å². The number of hydrogen-bond donors (Lipinski definition) is 0. The first-order valence-electron chi connectivity index (χ1n) is 8.09. The van der Waals surface area contributed by atoms with Gasteiger partial charge in [-0.15, -0.1) is 0 Å². The van der Waals surface area contributed by atoms with Crippen molar-refractivity contribution < 1.29 is 9.53 Å². The minimum atomic E-state index is -0.332. The zero-order chi connectivity index (χ0) is 16.4. The third kappa shape index (κ3) is 2.58. The van der Waals surface area contributed by atoms with Gasteiger partial charge >= 0.3 is 5.97 Å². The number of hydrogen-bond acceptors (Lipinski definition) is 3. The minimum Gasteiger partial charge on any atom is -0.465 e. The van der Waals surface area contributed by atoms with Crippen LogP contribution in [0, 0.1) is 0 Å². The molecule has 3 heteroatoms. The van der Waals surface area contributed by atoms with Gasteiger partial charge < -0.3 is 4.74 Å². The van der Waals surface area contributed by atoms with Crippen molar-refractivity contribution in [3.63, 3.8) is 0 Å². The number of fused-ring (bicyclic) bond motifs is 3. The van der Waals surface area contributed by atoms with Gasteiger partial charge in [0, 0.05) is 18.3 Å². The number of aromatic nitrogens is 1. The monoisotopic (exact) mass is 315 g/mol. The van der Waals surface area contributed by atoms with E-state index < -0.39 is 0 Å². The van der Waals surface area contributed by atoms with Crippen molar-refractivity contribution in [3.8, 4) is 11.1 Å². The summed E-state index contributed by atoms with van der Waals surface area (Å²) < 4.78 is 5.56. The van der Waals surface area contributed by atoms with E-state index in [1.807, 2.05) is 54.6 Å². The fraction of sp³-hybridized carbons (Fsp3) is 0.143. The first-order chi connectivity index (χ1) is 11.8. The highest BCUT2D eigenvalue weighted by molar-refractivity contribution is 5.93. The number of ether oxygens (including phenoxy) is 1. The van der Waals surface area contributed by atoms with E-state index in [1.54, 1.807) is 6.20 Å². The maximum Gasteiger partial charge on any atom is 0.317 e. The Bertz CT molecular complexity index is 828. The van der Waals surface area contributed by atoms with Crippen LogP contribution in [0.1, 0.15) is 22.7 Å². The van der Waals surface area contributed by atoms with Crippen LogP contribution in [0.4, 0.5) is 0 Å². The van der Waals surface area contributed by atoms with E-state index in [9.17, 15) is 4.79 Å². The Morgan fingerprint density at radius 2 is 1.50 bits per heavy atom. The molecule has 0 aliphatic heterocycles. The average molecular weight is 315 g/mol. The molecule has 0 unspecified atom stereocenters. The molecule has 0 radical (unpaired) electrons. The summed E-state index contributed by atoms with van der Waals surface area (Å²) in [6.45, 7) is 0.344. The van der Waals surface area contributed by atoms with E-state index in [2.05, 4.69) is 17.1 Å². The van der Waals surface area contributed by atoms with E-state index >= 15 is 0 Å². The van der Waals surface area contributed by atoms with Crippen molar-refractivity contribution in [1.29, 1.82) is 0 Å². The minimum absolute atomic E-state index is 0.191. The molecule has 0 fully saturated rings. The molecule has 0 atom stereocenters. The summed E-state index contributed by atoms with van der Waals surface area (Å²) in [6.07, 6.45) is 2.38. The summed E-state index contributed by atoms with van der Waals surface area (Å²) in [5.41, 5.74) is 5.24. The van der Waals surface area contributed by atoms with Gasteiger partial charge in [-0.3, -0.25) is 9.78 Å². The number of pyridine rings is 1. The molecule has 1 heterocycles. The van der Waals surface area contributed by atoms with Crippen molar-refractivity contribution >= 4 is 5.97 Å². The third-order valence-corrected chi connectivity index (χ3v) is 4.40. The summed E-state index contributed by atoms with van der Waals surface area (Å²) in [5, 5.41) is 0. The summed E-state index contributed by atoms with van der Waals surface area (Å²) in [6, 6.07) is 21.9. The number of benzene rings is 2. The van der Waals surface area contributed by atoms with E-state index in [-0.39, 0.29) is 11.9 Å². The van der Waals surface area contributed by atoms with Gasteiger partial charge in [0.1, 0.15) is 5.92 Å². The summed E-state index contributed by atoms with van der Waals surface area (Å²) in [7, 11) is 0. The van der Waals surface area contributed by atoms with Gasteiger partial charge in [0.25, 0.3) is 0 Å². The van der Waals surface area contributed by atoms with E-state index in [0.717, 1.165) is 27.9 Å². The molecule has 0 saturated carbocycles. The SMILES string of the molecule is O=C(OCCc1ccccn1)C1c2ccccc2-c2ccccc21. The van der Waals surface area contributed by atoms with Gasteiger partial charge in [0.15, 0.2) is 0 Å². The van der Waals surface area contributed by atoms with E-state index in [4.69, 9.17) is 4.74 Å². The molecule has 3 aromatic rings. The number of rotatable bonds is 4. The highest BCUT2D eigenvalue weighted by atomic mass is 16.5. The highest BCUT2D eigenvalue weighted by Crippen LogP contribution is 2.44. The summed E-state index contributed by atoms with van der Waals surface area (Å²) in [4.78, 5) is 17.0. The van der Waals surface area contributed by atoms with Crippen molar-refractivity contribution in [2.45, 2.75) is 12.3 Å². The van der Waals surface area contributed by atoms with Gasteiger partial charge in [-0.2, -0.15) is 0 Å². The lowest BCUT2D eigenvalue weighted by molar-refractivity contribution is -0.144. The van der Waals surface area contributed by atoms with Gasteiger partial charge in [-0.05, 0) is 34.4 Å². The quantitative estimate of drug-likeness (QED) is 0.684. The fourth-order valence-corrected chi connectivity index (χ4v) is 3.30. The highest BCUT2D eigenvalue weighted by Gasteiger charge is 2.34. The Morgan fingerprint density at radius 3 is 2.12 bits per heavy atom. The van der Waals surface area contributed by atoms with Crippen molar-refractivity contribution in [3.05, 3.63) is 89.7 Å². The maximum absolute atomic E-state index is 12.7. The van der Waals surface area contributed by atoms with Crippen molar-refractivity contribution in [2.75, 3.05) is 6.61 Å². The summed E-state index contributed by atoms with van der Waals surface area (Å²) in [5.74, 6) is -0.524. The van der Waals surface area contributed by atoms with Crippen LogP contribution in [0.15, 0.2) is 72.9 Å². The zero-order valence-electron chi connectivity index (χ0n) is 13.2. The Balaban J connectivity index is 1.54. The van der Waals surface area contributed by atoms with Gasteiger partial charge in [0.05, 0.1) is 6.61 Å². The lowest BCUT2D eigenvalue weighted by Crippen LogP contribution is -2.17. The number of carbonyl (C=O) groups is 1. The molecule has 0 N–H and O–H groups in total. The molecule has 0 bridgehead atoms. The van der Waals surface area contributed by atoms with Gasteiger partial charge in [-0.25, -0.2) is 0 Å². The Morgan fingerprint density at radius 1 is 0.875 bits per heavy atom. The molecular weight excluding hydrogens is 298 g/mol. The second kappa shape index (κ2) is 6.28. The zero-order valence-corrected chi connectivity index (χ0v) is 13.2. The molecule has 1 aliphatic rings. The predicted octanol–water partition coefficient (Wildman–Crippen LogP) is 3.98. The van der Waals surface area contributed by atoms with Crippen LogP contribution >= 0.6 is 0 Å². The van der Waals surface area contributed by atoms with Crippen LogP contribution in [0.25, 0.3) is 11.1 Å². The maximum atomic E-state index is 12.7. The fourth-order valence-electron chi connectivity index (χ4n) is 3.30. The standard InChI is InChI=1S/C21H17NO2/c23-21(24-14-12-15-7-5-6-13-22-15)20-18-10-3-1-8-16(18)17-9-2-4-11-19(17)20/h1-11,13,20H,12,14H2. The summed E-state index contributed by atoms with van der Waals surface area (Å²) >= 11 is 0. The molecule has 1 aromatic heterocycles. The van der Waals surface area contributed by atoms with Crippen LogP contribution in [0.2, 0.25) is 0 Å². The third-order valence-electron chi connectivity index (χ3n) is 4.40. The Labute approximate surface area is 140 Å². The van der Waals surface area contributed by atoms with Crippen molar-refractivity contribution in [1.82, 2.24) is 4.98 Å². The Hall–Kier alpha value is -2.94. The molecule has 4 rings (SSSR count). The topological polar surface area (TPSA) is 39.2 Å². The largest absolute Gasteiger partial charge is 0.465 e. The van der Waals surface area contributed by atoms with E-state index in [0.29, 0.717) is 13.0 Å². The van der Waals surface area contributed by atoms with Crippen LogP contribution in [-0.2, 0) is 16.0 Å². The van der Waals surface area contributed by atoms with Crippen molar-refractivity contribution in [2.24, 2.45) is 0 Å². The molecule has 118 valence electrons. The molecule has 2 aromatic carbocycles. The molecule has 0 saturated heterocycles. The second-order valence-electron chi connectivity index (χ2n) is 5.85. The predicted molar refractivity (Wildman–Crippen MR) is 92.6 cm³/mol. The number of nitrogens with zero attached hydrogens (tertiary/aromatic N) is 1. The molecule has 3 nitrogen and oxygen atoms in total. The van der Waals surface area contributed by atoms with Gasteiger partial charge in [-0.1, -0.05) is 54.6 Å². The van der Waals surface area contributed by atoms with E-state index in [1.165, 1.54) is 0 Å². The molecule has 24 heavy (non-hydrogen) atoms. The average Bonchev–Trinajstić information content (AvgIpc) is 2.97. The van der Waals surface area contributed by atoms with Crippen LogP contribution in [0.5, 0.6) is 0 Å². The number of esters is 1. The lowest BCUT2D eigenvalue weighted by Gasteiger charge is -2.13. The lowest BCUT2D eigenvalue weighted by atomic mass is 9.97. The molecule has 0 amide bonds. The second-order valence-corrected chi connectivity index (χ2v) is 5.85. The smallest absolute Gasteiger partial charge is 0.317 e. The normalized spacial score (nSPS) is 12.5. The molecular formula is C21H17NO2. The molecule has 1 aliphatic carbocycles. The first-order valence-corrected chi connectivity index (χ1v) is 8.09. The van der Waals surface area contributed by atoms with Crippen LogP contribution in [0.3, 0.4) is 0 Å².